The fraction of sp³-hybridized carbons (Fsp3) is 0.125. The summed E-state index contributed by atoms with van der Waals surface area (Å²) in [5, 5.41) is 8.73. The van der Waals surface area contributed by atoms with Crippen LogP contribution >= 0.6 is 27.7 Å². The Hall–Kier alpha value is -2.91. The van der Waals surface area contributed by atoms with Gasteiger partial charge in [0.25, 0.3) is 0 Å². The molecule has 172 valence electrons. The van der Waals surface area contributed by atoms with Gasteiger partial charge in [-0.15, -0.1) is 24.9 Å². The number of ether oxygens (including phenoxy) is 2. The zero-order valence-electron chi connectivity index (χ0n) is 17.0. The lowest BCUT2D eigenvalue weighted by atomic mass is 9.98. The number of halogens is 4. The minimum atomic E-state index is -4.77. The second kappa shape index (κ2) is 11.3. The van der Waals surface area contributed by atoms with Crippen LogP contribution in [0.15, 0.2) is 88.2 Å². The SMILES string of the molecule is O=C(O)COc1ccc(SCC=C(c2ccccc2)c2cccc(OC(F)(F)F)c2)cc1Br. The summed E-state index contributed by atoms with van der Waals surface area (Å²) in [6, 6.07) is 20.5. The molecule has 0 aliphatic carbocycles. The number of carbonyl (C=O) groups is 1. The number of hydrogen-bond acceptors (Lipinski definition) is 4. The van der Waals surface area contributed by atoms with Crippen LogP contribution < -0.4 is 9.47 Å². The molecular weight excluding hydrogens is 521 g/mol. The molecule has 3 rings (SSSR count). The second-order valence-corrected chi connectivity index (χ2v) is 8.59. The van der Waals surface area contributed by atoms with E-state index in [-0.39, 0.29) is 5.75 Å². The van der Waals surface area contributed by atoms with Crippen LogP contribution in [-0.4, -0.2) is 29.8 Å². The van der Waals surface area contributed by atoms with Crippen LogP contribution in [-0.2, 0) is 4.79 Å². The molecule has 0 atom stereocenters. The summed E-state index contributed by atoms with van der Waals surface area (Å²) in [6.45, 7) is -0.439. The van der Waals surface area contributed by atoms with Gasteiger partial charge in [-0.1, -0.05) is 48.5 Å². The lowest BCUT2D eigenvalue weighted by Crippen LogP contribution is -2.17. The fourth-order valence-electron chi connectivity index (χ4n) is 2.93. The first kappa shape index (κ1) is 24.7. The molecule has 0 bridgehead atoms. The van der Waals surface area contributed by atoms with Gasteiger partial charge in [0.2, 0.25) is 0 Å². The van der Waals surface area contributed by atoms with Crippen LogP contribution in [0.5, 0.6) is 11.5 Å². The van der Waals surface area contributed by atoms with Crippen molar-refractivity contribution in [2.24, 2.45) is 0 Å². The Labute approximate surface area is 201 Å². The molecule has 0 saturated carbocycles. The highest BCUT2D eigenvalue weighted by atomic mass is 79.9. The van der Waals surface area contributed by atoms with E-state index in [0.717, 1.165) is 16.0 Å². The van der Waals surface area contributed by atoms with E-state index in [1.165, 1.54) is 30.0 Å². The predicted molar refractivity (Wildman–Crippen MR) is 125 cm³/mol. The molecule has 0 saturated heterocycles. The van der Waals surface area contributed by atoms with E-state index in [1.807, 2.05) is 42.5 Å². The topological polar surface area (TPSA) is 55.8 Å². The van der Waals surface area contributed by atoms with E-state index < -0.39 is 18.9 Å². The third kappa shape index (κ3) is 7.87. The summed E-state index contributed by atoms with van der Waals surface area (Å²) in [5.74, 6) is -0.390. The molecule has 0 fully saturated rings. The standard InChI is InChI=1S/C24H18BrF3O4S/c25-21-14-19(9-10-22(21)31-15-23(29)30)33-12-11-20(16-5-2-1-3-6-16)17-7-4-8-18(13-17)32-24(26,27)28/h1-11,13-14H,12,15H2,(H,29,30). The van der Waals surface area contributed by atoms with Crippen LogP contribution in [0.25, 0.3) is 5.57 Å². The summed E-state index contributed by atoms with van der Waals surface area (Å²) < 4.78 is 47.9. The lowest BCUT2D eigenvalue weighted by molar-refractivity contribution is -0.274. The first-order valence-electron chi connectivity index (χ1n) is 9.60. The van der Waals surface area contributed by atoms with Gasteiger partial charge in [0.05, 0.1) is 4.47 Å². The fourth-order valence-corrected chi connectivity index (χ4v) is 4.38. The van der Waals surface area contributed by atoms with Crippen molar-refractivity contribution in [3.63, 3.8) is 0 Å². The van der Waals surface area contributed by atoms with E-state index >= 15 is 0 Å². The molecule has 0 heterocycles. The summed E-state index contributed by atoms with van der Waals surface area (Å²) in [4.78, 5) is 11.6. The van der Waals surface area contributed by atoms with Gasteiger partial charge >= 0.3 is 12.3 Å². The summed E-state index contributed by atoms with van der Waals surface area (Å²) >= 11 is 4.88. The summed E-state index contributed by atoms with van der Waals surface area (Å²) in [7, 11) is 0. The smallest absolute Gasteiger partial charge is 0.481 e. The van der Waals surface area contributed by atoms with E-state index in [9.17, 15) is 18.0 Å². The Morgan fingerprint density at radius 3 is 2.39 bits per heavy atom. The number of carboxylic acids is 1. The minimum absolute atomic E-state index is 0.282. The zero-order chi connectivity index (χ0) is 23.8. The maximum Gasteiger partial charge on any atom is 0.573 e. The zero-order valence-corrected chi connectivity index (χ0v) is 19.4. The quantitative estimate of drug-likeness (QED) is 0.296. The second-order valence-electron chi connectivity index (χ2n) is 6.65. The summed E-state index contributed by atoms with van der Waals surface area (Å²) in [6.07, 6.45) is -2.83. The molecule has 33 heavy (non-hydrogen) atoms. The number of alkyl halides is 3. The van der Waals surface area contributed by atoms with Crippen molar-refractivity contribution in [2.45, 2.75) is 11.3 Å². The molecular formula is C24H18BrF3O4S. The number of thioether (sulfide) groups is 1. The highest BCUT2D eigenvalue weighted by Crippen LogP contribution is 2.33. The monoisotopic (exact) mass is 538 g/mol. The predicted octanol–water partition coefficient (Wildman–Crippen LogP) is 7.04. The number of hydrogen-bond donors (Lipinski definition) is 1. The molecule has 0 unspecified atom stereocenters. The Morgan fingerprint density at radius 2 is 1.73 bits per heavy atom. The van der Waals surface area contributed by atoms with Crippen molar-refractivity contribution in [3.8, 4) is 11.5 Å². The molecule has 3 aromatic rings. The normalized spacial score (nSPS) is 11.8. The molecule has 0 radical (unpaired) electrons. The molecule has 0 spiro atoms. The molecule has 4 nitrogen and oxygen atoms in total. The maximum absolute atomic E-state index is 12.7. The molecule has 0 aliphatic rings. The van der Waals surface area contributed by atoms with Crippen molar-refractivity contribution in [2.75, 3.05) is 12.4 Å². The van der Waals surface area contributed by atoms with Gasteiger partial charge in [0.1, 0.15) is 11.5 Å². The Bertz CT molecular complexity index is 1130. The minimum Gasteiger partial charge on any atom is -0.481 e. The third-order valence-corrected chi connectivity index (χ3v) is 5.80. The van der Waals surface area contributed by atoms with Gasteiger partial charge in [-0.3, -0.25) is 0 Å². The first-order valence-corrected chi connectivity index (χ1v) is 11.4. The van der Waals surface area contributed by atoms with Gasteiger partial charge in [-0.2, -0.15) is 0 Å². The number of aliphatic carboxylic acids is 1. The van der Waals surface area contributed by atoms with Gasteiger partial charge in [-0.25, -0.2) is 4.79 Å². The number of rotatable bonds is 9. The summed E-state index contributed by atoms with van der Waals surface area (Å²) in [5.41, 5.74) is 2.24. The van der Waals surface area contributed by atoms with Crippen LogP contribution in [0.2, 0.25) is 0 Å². The maximum atomic E-state index is 12.7. The highest BCUT2D eigenvalue weighted by Gasteiger charge is 2.31. The average molecular weight is 539 g/mol. The van der Waals surface area contributed by atoms with Gasteiger partial charge in [-0.05, 0) is 63.0 Å². The average Bonchev–Trinajstić information content (AvgIpc) is 2.75. The lowest BCUT2D eigenvalue weighted by Gasteiger charge is -2.13. The van der Waals surface area contributed by atoms with Crippen LogP contribution in [0, 0.1) is 0 Å². The van der Waals surface area contributed by atoms with Crippen molar-refractivity contribution in [1.29, 1.82) is 0 Å². The van der Waals surface area contributed by atoms with Crippen molar-refractivity contribution >= 4 is 39.2 Å². The van der Waals surface area contributed by atoms with Gasteiger partial charge in [0.15, 0.2) is 6.61 Å². The molecule has 1 N–H and O–H groups in total. The molecule has 0 aromatic heterocycles. The molecule has 0 amide bonds. The largest absolute Gasteiger partial charge is 0.573 e. The first-order chi connectivity index (χ1) is 15.7. The molecule has 0 aliphatic heterocycles. The van der Waals surface area contributed by atoms with Crippen molar-refractivity contribution in [1.82, 2.24) is 0 Å². The van der Waals surface area contributed by atoms with Crippen LogP contribution in [0.3, 0.4) is 0 Å². The van der Waals surface area contributed by atoms with E-state index in [1.54, 1.807) is 18.2 Å². The van der Waals surface area contributed by atoms with Crippen LogP contribution in [0.1, 0.15) is 11.1 Å². The third-order valence-electron chi connectivity index (χ3n) is 4.26. The Balaban J connectivity index is 1.80. The van der Waals surface area contributed by atoms with Gasteiger partial charge in [0, 0.05) is 10.6 Å². The van der Waals surface area contributed by atoms with E-state index in [2.05, 4.69) is 20.7 Å². The molecule has 3 aromatic carbocycles. The van der Waals surface area contributed by atoms with E-state index in [4.69, 9.17) is 9.84 Å². The van der Waals surface area contributed by atoms with Crippen LogP contribution in [0.4, 0.5) is 13.2 Å². The molecule has 9 heteroatoms. The van der Waals surface area contributed by atoms with Crippen molar-refractivity contribution < 1.29 is 32.5 Å². The van der Waals surface area contributed by atoms with E-state index in [0.29, 0.717) is 21.5 Å². The number of benzene rings is 3. The Kier molecular flexibility index (Phi) is 8.46. The Morgan fingerprint density at radius 1 is 1.00 bits per heavy atom. The van der Waals surface area contributed by atoms with Gasteiger partial charge < -0.3 is 14.6 Å². The van der Waals surface area contributed by atoms with Crippen molar-refractivity contribution in [3.05, 3.63) is 94.5 Å². The number of carboxylic acid groups (broad SMARTS) is 1. The highest BCUT2D eigenvalue weighted by molar-refractivity contribution is 9.10.